The lowest BCUT2D eigenvalue weighted by Crippen LogP contribution is -2.17. The summed E-state index contributed by atoms with van der Waals surface area (Å²) in [6, 6.07) is 56.6. The van der Waals surface area contributed by atoms with Crippen LogP contribution in [0.2, 0.25) is 0 Å². The number of carbonyl (C=O) groups is 4. The fourth-order valence-corrected chi connectivity index (χ4v) is 16.2. The van der Waals surface area contributed by atoms with Gasteiger partial charge in [0.2, 0.25) is 0 Å². The Labute approximate surface area is 770 Å². The van der Waals surface area contributed by atoms with E-state index in [0.29, 0.717) is 109 Å². The molecule has 0 spiro atoms. The molecule has 0 unspecified atom stereocenters. The third-order valence-corrected chi connectivity index (χ3v) is 22.5. The van der Waals surface area contributed by atoms with Gasteiger partial charge in [-0.2, -0.15) is 0 Å². The number of fused-ring (bicyclic) bond motifs is 4. The van der Waals surface area contributed by atoms with E-state index in [1.54, 1.807) is 95.9 Å². The fraction of sp³-hybridized carbons (Fsp3) is 0.149. The minimum absolute atomic E-state index is 0.0617. The van der Waals surface area contributed by atoms with E-state index in [2.05, 4.69) is 81.4 Å². The number of halogens is 12. The van der Waals surface area contributed by atoms with E-state index < -0.39 is 31.4 Å². The predicted molar refractivity (Wildman–Crippen MR) is 493 cm³/mol. The zero-order chi connectivity index (χ0) is 95.3. The molecule has 0 aliphatic carbocycles. The molecule has 16 aromatic rings. The molecule has 40 heteroatoms. The molecule has 692 valence electrons. The lowest BCUT2D eigenvalue weighted by molar-refractivity contribution is -0.275. The Morgan fingerprint density at radius 2 is 0.657 bits per heavy atom. The lowest BCUT2D eigenvalue weighted by atomic mass is 10.1. The van der Waals surface area contributed by atoms with Crippen molar-refractivity contribution in [1.29, 1.82) is 0 Å². The van der Waals surface area contributed by atoms with E-state index in [1.807, 2.05) is 99.6 Å². The number of methoxy groups -OCH3 is 1. The largest absolute Gasteiger partial charge is 0.573 e. The van der Waals surface area contributed by atoms with E-state index in [0.717, 1.165) is 120 Å². The van der Waals surface area contributed by atoms with Crippen LogP contribution < -0.4 is 75.7 Å². The van der Waals surface area contributed by atoms with Crippen LogP contribution in [0.3, 0.4) is 0 Å². The van der Waals surface area contributed by atoms with Crippen LogP contribution >= 0.6 is 45.3 Å². The quantitative estimate of drug-likeness (QED) is 0.0197. The number of aromatic nitrogens is 4. The molecular weight excluding hydrogens is 1850 g/mol. The Balaban J connectivity index is 0.000000152. The van der Waals surface area contributed by atoms with Gasteiger partial charge >= 0.3 is 25.4 Å². The zero-order valence-electron chi connectivity index (χ0n) is 70.4. The highest BCUT2D eigenvalue weighted by Gasteiger charge is 2.34. The second kappa shape index (κ2) is 43.7. The number of ether oxygens (including phenoxy) is 7. The van der Waals surface area contributed by atoms with Crippen molar-refractivity contribution in [2.45, 2.75) is 78.5 Å². The molecule has 0 saturated heterocycles. The molecule has 0 bridgehead atoms. The molecule has 9 N–H and O–H groups in total. The average Bonchev–Trinajstić information content (AvgIpc) is 1.01. The normalized spacial score (nSPS) is 11.4. The Hall–Kier alpha value is -15.2. The van der Waals surface area contributed by atoms with Gasteiger partial charge in [0.05, 0.1) is 64.6 Å². The molecule has 0 saturated carbocycles. The zero-order valence-corrected chi connectivity index (χ0v) is 73.7. The molecule has 24 nitrogen and oxygen atoms in total. The SMILES string of the molecule is CC(C)Oc1ccc2c(CNc3ccsc3C(=O)Nc3ccc(OC(F)(F)F)cc3)ccnc2c1.CCOc1ccc2c(CNc3ccsc3C(=O)Nc3ccc(OC(F)(F)F)cc3)ccnc2c1.COc1cccc2nccc(CNc3ccsc3C(=O)Nc3ccc(OC(F)(F)F)cc3)c12.O=C(Nc1ccc(OC(F)(F)F)cc1)c1sccc1NCc1ccnc2cc(O)ccc12. The third-order valence-electron chi connectivity index (χ3n) is 18.9. The van der Waals surface area contributed by atoms with E-state index in [-0.39, 0.29) is 52.6 Å². The molecule has 16 rings (SSSR count). The number of pyridine rings is 4. The van der Waals surface area contributed by atoms with Crippen LogP contribution in [0.4, 0.5) is 98.2 Å². The van der Waals surface area contributed by atoms with Gasteiger partial charge in [-0.15, -0.1) is 98.0 Å². The van der Waals surface area contributed by atoms with Crippen molar-refractivity contribution in [2.75, 3.05) is 56.3 Å². The van der Waals surface area contributed by atoms with Crippen LogP contribution in [0, 0.1) is 0 Å². The number of nitrogens with zero attached hydrogens (tertiary/aromatic N) is 4. The topological polar surface area (TPSA) is 301 Å². The van der Waals surface area contributed by atoms with Crippen LogP contribution in [-0.4, -0.2) is 93.9 Å². The highest BCUT2D eigenvalue weighted by atomic mass is 32.1. The van der Waals surface area contributed by atoms with Gasteiger partial charge in [-0.05, 0) is 259 Å². The minimum atomic E-state index is -4.77. The summed E-state index contributed by atoms with van der Waals surface area (Å²) in [5, 5.41) is 44.3. The van der Waals surface area contributed by atoms with Crippen LogP contribution in [0.25, 0.3) is 43.6 Å². The van der Waals surface area contributed by atoms with Gasteiger partial charge in [0.15, 0.2) is 0 Å². The molecule has 0 aliphatic rings. The Bertz CT molecular complexity index is 6740. The number of nitrogens with one attached hydrogen (secondary N) is 8. The van der Waals surface area contributed by atoms with Gasteiger partial charge in [-0.25, -0.2) is 0 Å². The molecule has 0 fully saturated rings. The fourth-order valence-electron chi connectivity index (χ4n) is 13.2. The van der Waals surface area contributed by atoms with Crippen molar-refractivity contribution in [1.82, 2.24) is 19.9 Å². The van der Waals surface area contributed by atoms with Gasteiger partial charge in [-0.3, -0.25) is 39.1 Å². The Morgan fingerprint density at radius 1 is 0.358 bits per heavy atom. The minimum Gasteiger partial charge on any atom is -0.508 e. The molecule has 4 amide bonds. The smallest absolute Gasteiger partial charge is 0.508 e. The van der Waals surface area contributed by atoms with Crippen molar-refractivity contribution >= 4 is 158 Å². The lowest BCUT2D eigenvalue weighted by Gasteiger charge is -2.13. The van der Waals surface area contributed by atoms with Gasteiger partial charge in [-0.1, -0.05) is 6.07 Å². The van der Waals surface area contributed by atoms with E-state index in [4.69, 9.17) is 14.2 Å². The van der Waals surface area contributed by atoms with Gasteiger partial charge < -0.3 is 80.8 Å². The van der Waals surface area contributed by atoms with Crippen molar-refractivity contribution < 1.29 is 110 Å². The molecule has 8 aromatic carbocycles. The van der Waals surface area contributed by atoms with Gasteiger partial charge in [0.1, 0.15) is 65.5 Å². The van der Waals surface area contributed by atoms with Crippen molar-refractivity contribution in [3.8, 4) is 46.0 Å². The summed E-state index contributed by atoms with van der Waals surface area (Å²) in [6.07, 6.45) is -12.2. The summed E-state index contributed by atoms with van der Waals surface area (Å²) in [5.41, 5.74) is 10.9. The third kappa shape index (κ3) is 27.5. The molecule has 134 heavy (non-hydrogen) atoms. The number of carbonyl (C=O) groups excluding carboxylic acids is 4. The monoisotopic (exact) mass is 1920 g/mol. The molecule has 0 radical (unpaired) electrons. The van der Waals surface area contributed by atoms with Gasteiger partial charge in [0.25, 0.3) is 23.6 Å². The summed E-state index contributed by atoms with van der Waals surface area (Å²) < 4.78 is 180. The predicted octanol–water partition coefficient (Wildman–Crippen LogP) is 25.1. The summed E-state index contributed by atoms with van der Waals surface area (Å²) in [4.78, 5) is 70.2. The van der Waals surface area contributed by atoms with Gasteiger partial charge in [0, 0.05) is 113 Å². The maximum Gasteiger partial charge on any atom is 0.573 e. The number of benzene rings is 8. The van der Waals surface area contributed by atoms with E-state index in [9.17, 15) is 77.0 Å². The Kier molecular flexibility index (Phi) is 31.4. The first kappa shape index (κ1) is 96.4. The summed E-state index contributed by atoms with van der Waals surface area (Å²) >= 11 is 5.00. The van der Waals surface area contributed by atoms with Crippen molar-refractivity contribution in [3.05, 3.63) is 306 Å². The number of phenols is 1. The maximum absolute atomic E-state index is 12.8. The number of amides is 4. The standard InChI is InChI=1S/C25H22F3N3O3S.C24H20F3N3O3S.C23H18F3N3O3S.C22H16F3N3O3S/c1-15(2)33-19-7-8-20-16(9-11-29-22(20)13-19)14-30-21-10-12-35-23(21)24(32)31-17-3-5-18(6-4-17)34-25(26,27)28;1-2-32-18-7-8-19-15(9-11-28-21(19)13-18)14-29-20-10-12-34-22(20)23(31)30-16-3-5-17(6-4-16)33-24(25,26)27;1-31-19-4-2-3-17-20(19)14(9-11-27-17)13-28-18-10-12-33-21(18)22(30)29-15-5-7-16(8-6-15)32-23(24,25)26;23-22(24,25)31-16-4-1-14(2-5-16)28-21(30)20-18(8-10-32-20)27-12-13-7-9-26-19-11-15(29)3-6-17(13)19/h3-13,15,30H,14H2,1-2H3,(H,31,32);3-13,29H,2,14H2,1H3,(H,30,31);2-12,28H,13H2,1H3,(H,29,30);1-11,27,29H,12H2,(H,28,30). The van der Waals surface area contributed by atoms with Crippen LogP contribution in [0.15, 0.2) is 265 Å². The van der Waals surface area contributed by atoms with Crippen molar-refractivity contribution in [3.63, 3.8) is 0 Å². The second-order valence-corrected chi connectivity index (χ2v) is 32.2. The number of anilines is 8. The highest BCUT2D eigenvalue weighted by Crippen LogP contribution is 2.37. The number of aromatic hydroxyl groups is 1. The molecule has 8 aromatic heterocycles. The Morgan fingerprint density at radius 3 is 0.985 bits per heavy atom. The van der Waals surface area contributed by atoms with Crippen LogP contribution in [0.1, 0.15) is 81.7 Å². The van der Waals surface area contributed by atoms with E-state index in [1.165, 1.54) is 93.9 Å². The maximum atomic E-state index is 12.8. The first-order valence-corrected chi connectivity index (χ1v) is 43.6. The average molecular weight is 1920 g/mol. The molecule has 8 heterocycles. The number of rotatable bonds is 29. The number of hydrogen-bond donors (Lipinski definition) is 9. The number of thiophene rings is 4. The number of alkyl halides is 12. The summed E-state index contributed by atoms with van der Waals surface area (Å²) in [6.45, 7) is 8.20. The highest BCUT2D eigenvalue weighted by molar-refractivity contribution is 7.14. The first-order chi connectivity index (χ1) is 64.1. The molecule has 0 aliphatic heterocycles. The van der Waals surface area contributed by atoms with Crippen LogP contribution in [-0.2, 0) is 26.2 Å². The number of phenolic OH excluding ortho intramolecular Hbond substituents is 1. The molecule has 0 atom stereocenters. The number of hydrogen-bond acceptors (Lipinski definition) is 24. The molecular formula is C94H76F12N12O12S4. The second-order valence-electron chi connectivity index (χ2n) is 28.6. The van der Waals surface area contributed by atoms with Crippen LogP contribution in [0.5, 0.6) is 46.0 Å². The first-order valence-electron chi connectivity index (χ1n) is 40.1. The van der Waals surface area contributed by atoms with E-state index >= 15 is 0 Å². The van der Waals surface area contributed by atoms with Crippen molar-refractivity contribution in [2.24, 2.45) is 0 Å². The summed E-state index contributed by atoms with van der Waals surface area (Å²) in [7, 11) is 1.60. The summed E-state index contributed by atoms with van der Waals surface area (Å²) in [5.74, 6) is -0.629.